The smallest absolute Gasteiger partial charge is 0.263 e. The van der Waals surface area contributed by atoms with Gasteiger partial charge in [-0.05, 0) is 48.5 Å². The number of carbonyl (C=O) groups excluding carboxylic acids is 1. The van der Waals surface area contributed by atoms with Gasteiger partial charge in [-0.1, -0.05) is 6.07 Å². The first-order valence-corrected chi connectivity index (χ1v) is 7.26. The maximum atomic E-state index is 12.9. The number of aromatic nitrogens is 2. The van der Waals surface area contributed by atoms with Crippen LogP contribution in [0.4, 0.5) is 10.2 Å². The second kappa shape index (κ2) is 7.32. The topological polar surface area (TPSA) is 64.1 Å². The Morgan fingerprint density at radius 1 is 1.04 bits per heavy atom. The highest BCUT2D eigenvalue weighted by Crippen LogP contribution is 2.19. The third kappa shape index (κ3) is 4.13. The van der Waals surface area contributed by atoms with Gasteiger partial charge in [-0.3, -0.25) is 9.78 Å². The zero-order valence-corrected chi connectivity index (χ0v) is 12.6. The van der Waals surface area contributed by atoms with Gasteiger partial charge in [0.2, 0.25) is 0 Å². The molecule has 1 amide bonds. The molecule has 0 bridgehead atoms. The minimum Gasteiger partial charge on any atom is -0.482 e. The first-order valence-electron chi connectivity index (χ1n) is 7.26. The lowest BCUT2D eigenvalue weighted by Gasteiger charge is -2.07. The Kier molecular flexibility index (Phi) is 4.76. The molecule has 0 saturated carbocycles. The van der Waals surface area contributed by atoms with E-state index in [9.17, 15) is 9.18 Å². The number of amides is 1. The summed E-state index contributed by atoms with van der Waals surface area (Å²) in [5.74, 6) is 0.335. The SMILES string of the molecule is O=C(COc1ccc(-c2ccc(F)cc2)nc1)Nc1ccccn1. The van der Waals surface area contributed by atoms with Gasteiger partial charge >= 0.3 is 0 Å². The zero-order chi connectivity index (χ0) is 16.8. The molecule has 0 radical (unpaired) electrons. The van der Waals surface area contributed by atoms with E-state index in [0.29, 0.717) is 17.3 Å². The Hall–Kier alpha value is -3.28. The molecule has 6 heteroatoms. The van der Waals surface area contributed by atoms with Gasteiger partial charge in [0, 0.05) is 11.8 Å². The van der Waals surface area contributed by atoms with E-state index in [-0.39, 0.29) is 18.3 Å². The molecule has 3 aromatic rings. The summed E-state index contributed by atoms with van der Waals surface area (Å²) < 4.78 is 18.3. The fourth-order valence-electron chi connectivity index (χ4n) is 2.02. The number of rotatable bonds is 5. The van der Waals surface area contributed by atoms with Crippen LogP contribution >= 0.6 is 0 Å². The highest BCUT2D eigenvalue weighted by Gasteiger charge is 2.05. The predicted molar refractivity (Wildman–Crippen MR) is 88.0 cm³/mol. The van der Waals surface area contributed by atoms with Gasteiger partial charge in [0.25, 0.3) is 5.91 Å². The molecule has 0 unspecified atom stereocenters. The lowest BCUT2D eigenvalue weighted by molar-refractivity contribution is -0.118. The third-order valence-corrected chi connectivity index (χ3v) is 3.18. The van der Waals surface area contributed by atoms with Crippen LogP contribution < -0.4 is 10.1 Å². The monoisotopic (exact) mass is 323 g/mol. The highest BCUT2D eigenvalue weighted by molar-refractivity contribution is 5.90. The summed E-state index contributed by atoms with van der Waals surface area (Å²) in [6, 6.07) is 14.8. The number of halogens is 1. The van der Waals surface area contributed by atoms with Crippen molar-refractivity contribution in [2.24, 2.45) is 0 Å². The van der Waals surface area contributed by atoms with E-state index in [1.54, 1.807) is 48.7 Å². The largest absolute Gasteiger partial charge is 0.482 e. The maximum absolute atomic E-state index is 12.9. The van der Waals surface area contributed by atoms with Crippen LogP contribution in [0.2, 0.25) is 0 Å². The summed E-state index contributed by atoms with van der Waals surface area (Å²) in [5, 5.41) is 2.62. The minimum atomic E-state index is -0.309. The number of nitrogens with zero attached hydrogens (tertiary/aromatic N) is 2. The molecular weight excluding hydrogens is 309 g/mol. The van der Waals surface area contributed by atoms with E-state index in [4.69, 9.17) is 4.74 Å². The van der Waals surface area contributed by atoms with Crippen LogP contribution in [0.25, 0.3) is 11.3 Å². The lowest BCUT2D eigenvalue weighted by atomic mass is 10.1. The van der Waals surface area contributed by atoms with Crippen LogP contribution in [0.3, 0.4) is 0 Å². The number of benzene rings is 1. The van der Waals surface area contributed by atoms with E-state index >= 15 is 0 Å². The van der Waals surface area contributed by atoms with E-state index in [1.165, 1.54) is 18.3 Å². The van der Waals surface area contributed by atoms with Gasteiger partial charge in [0.15, 0.2) is 6.61 Å². The molecule has 120 valence electrons. The number of anilines is 1. The van der Waals surface area contributed by atoms with Crippen LogP contribution in [-0.2, 0) is 4.79 Å². The Morgan fingerprint density at radius 2 is 1.88 bits per heavy atom. The molecule has 0 fully saturated rings. The summed E-state index contributed by atoms with van der Waals surface area (Å²) in [5.41, 5.74) is 1.50. The molecule has 0 spiro atoms. The van der Waals surface area contributed by atoms with Crippen LogP contribution in [-0.4, -0.2) is 22.5 Å². The molecule has 1 N–H and O–H groups in total. The summed E-state index contributed by atoms with van der Waals surface area (Å²) in [6.45, 7) is -0.145. The number of pyridine rings is 2. The van der Waals surface area contributed by atoms with Crippen LogP contribution in [0, 0.1) is 5.82 Å². The van der Waals surface area contributed by atoms with E-state index < -0.39 is 0 Å². The molecule has 2 heterocycles. The minimum absolute atomic E-state index is 0.145. The fourth-order valence-corrected chi connectivity index (χ4v) is 2.02. The number of nitrogens with one attached hydrogen (secondary N) is 1. The van der Waals surface area contributed by atoms with E-state index in [0.717, 1.165) is 5.56 Å². The van der Waals surface area contributed by atoms with Gasteiger partial charge in [-0.25, -0.2) is 9.37 Å². The fraction of sp³-hybridized carbons (Fsp3) is 0.0556. The number of carbonyl (C=O) groups is 1. The summed E-state index contributed by atoms with van der Waals surface area (Å²) >= 11 is 0. The van der Waals surface area contributed by atoms with Gasteiger partial charge in [0.1, 0.15) is 17.4 Å². The van der Waals surface area contributed by atoms with Crippen molar-refractivity contribution in [2.75, 3.05) is 11.9 Å². The Labute approximate surface area is 138 Å². The van der Waals surface area contributed by atoms with E-state index in [2.05, 4.69) is 15.3 Å². The molecule has 1 aromatic carbocycles. The maximum Gasteiger partial charge on any atom is 0.263 e. The number of hydrogen-bond donors (Lipinski definition) is 1. The second-order valence-corrected chi connectivity index (χ2v) is 4.94. The molecule has 0 aliphatic heterocycles. The first-order chi connectivity index (χ1) is 11.7. The average molecular weight is 323 g/mol. The number of hydrogen-bond acceptors (Lipinski definition) is 4. The molecular formula is C18H14FN3O2. The molecule has 0 aliphatic carbocycles. The standard InChI is InChI=1S/C18H14FN3O2/c19-14-6-4-13(5-7-14)16-9-8-15(11-21-16)24-12-18(23)22-17-3-1-2-10-20-17/h1-11H,12H2,(H,20,22,23). The Morgan fingerprint density at radius 3 is 2.54 bits per heavy atom. The van der Waals surface area contributed by atoms with Crippen molar-refractivity contribution in [3.63, 3.8) is 0 Å². The quantitative estimate of drug-likeness (QED) is 0.782. The molecule has 5 nitrogen and oxygen atoms in total. The first kappa shape index (κ1) is 15.6. The molecule has 0 atom stereocenters. The van der Waals surface area contributed by atoms with Crippen molar-refractivity contribution < 1.29 is 13.9 Å². The molecule has 2 aromatic heterocycles. The van der Waals surface area contributed by atoms with E-state index in [1.807, 2.05) is 0 Å². The van der Waals surface area contributed by atoms with Crippen LogP contribution in [0.1, 0.15) is 0 Å². The molecule has 0 saturated heterocycles. The van der Waals surface area contributed by atoms with Crippen LogP contribution in [0.5, 0.6) is 5.75 Å². The summed E-state index contributed by atoms with van der Waals surface area (Å²) in [7, 11) is 0. The third-order valence-electron chi connectivity index (χ3n) is 3.18. The Bertz CT molecular complexity index is 806. The molecule has 24 heavy (non-hydrogen) atoms. The van der Waals surface area contributed by atoms with Crippen molar-refractivity contribution in [1.29, 1.82) is 0 Å². The van der Waals surface area contributed by atoms with Crippen molar-refractivity contribution in [3.05, 3.63) is 72.8 Å². The van der Waals surface area contributed by atoms with Gasteiger partial charge in [-0.15, -0.1) is 0 Å². The second-order valence-electron chi connectivity index (χ2n) is 4.94. The van der Waals surface area contributed by atoms with Crippen molar-refractivity contribution >= 4 is 11.7 Å². The highest BCUT2D eigenvalue weighted by atomic mass is 19.1. The molecule has 0 aliphatic rings. The normalized spacial score (nSPS) is 10.2. The lowest BCUT2D eigenvalue weighted by Crippen LogP contribution is -2.20. The Balaban J connectivity index is 1.56. The molecule has 3 rings (SSSR count). The predicted octanol–water partition coefficient (Wildman–Crippen LogP) is 3.30. The van der Waals surface area contributed by atoms with Gasteiger partial charge in [0.05, 0.1) is 11.9 Å². The van der Waals surface area contributed by atoms with Crippen molar-refractivity contribution in [2.45, 2.75) is 0 Å². The summed E-state index contributed by atoms with van der Waals surface area (Å²) in [4.78, 5) is 20.0. The zero-order valence-electron chi connectivity index (χ0n) is 12.6. The number of ether oxygens (including phenoxy) is 1. The average Bonchev–Trinajstić information content (AvgIpc) is 2.62. The van der Waals surface area contributed by atoms with Crippen molar-refractivity contribution in [1.82, 2.24) is 9.97 Å². The van der Waals surface area contributed by atoms with Gasteiger partial charge < -0.3 is 10.1 Å². The van der Waals surface area contributed by atoms with Gasteiger partial charge in [-0.2, -0.15) is 0 Å². The summed E-state index contributed by atoms with van der Waals surface area (Å²) in [6.07, 6.45) is 3.11. The van der Waals surface area contributed by atoms with Crippen LogP contribution in [0.15, 0.2) is 67.0 Å². The van der Waals surface area contributed by atoms with Crippen molar-refractivity contribution in [3.8, 4) is 17.0 Å².